The van der Waals surface area contributed by atoms with Crippen LogP contribution >= 0.6 is 0 Å². The van der Waals surface area contributed by atoms with Gasteiger partial charge in [0.1, 0.15) is 0 Å². The molecule has 0 spiro atoms. The highest BCUT2D eigenvalue weighted by atomic mass is 16.2. The van der Waals surface area contributed by atoms with Gasteiger partial charge in [0.25, 0.3) is 5.91 Å². The third-order valence-corrected chi connectivity index (χ3v) is 6.76. The third-order valence-electron chi connectivity index (χ3n) is 6.76. The van der Waals surface area contributed by atoms with Gasteiger partial charge >= 0.3 is 0 Å². The van der Waals surface area contributed by atoms with Crippen molar-refractivity contribution < 1.29 is 9.59 Å². The summed E-state index contributed by atoms with van der Waals surface area (Å²) in [5.41, 5.74) is 3.82. The minimum atomic E-state index is -0.160. The Morgan fingerprint density at radius 1 is 1.00 bits per heavy atom. The molecule has 2 amide bonds. The number of anilines is 1. The number of hydrogen-bond acceptors (Lipinski definition) is 2. The number of likely N-dealkylation sites (tertiary alicyclic amines) is 1. The van der Waals surface area contributed by atoms with E-state index in [1.165, 1.54) is 5.56 Å². The van der Waals surface area contributed by atoms with Gasteiger partial charge in [-0.15, -0.1) is 0 Å². The fourth-order valence-electron chi connectivity index (χ4n) is 4.83. The zero-order chi connectivity index (χ0) is 22.2. The van der Waals surface area contributed by atoms with Crippen LogP contribution in [0.15, 0.2) is 48.5 Å². The molecule has 4 nitrogen and oxygen atoms in total. The molecular formula is C27H34N2O2. The van der Waals surface area contributed by atoms with Gasteiger partial charge in [0.05, 0.1) is 5.92 Å². The fourth-order valence-corrected chi connectivity index (χ4v) is 4.83. The Kier molecular flexibility index (Phi) is 5.92. The molecule has 164 valence electrons. The average molecular weight is 419 g/mol. The second-order valence-electron chi connectivity index (χ2n) is 10.2. The molecule has 2 atom stereocenters. The molecule has 1 aliphatic carbocycles. The zero-order valence-electron chi connectivity index (χ0n) is 19.2. The molecule has 1 N–H and O–H groups in total. The Hall–Kier alpha value is -2.62. The summed E-state index contributed by atoms with van der Waals surface area (Å²) in [6.45, 7) is 9.24. The maximum atomic E-state index is 13.4. The molecule has 1 heterocycles. The van der Waals surface area contributed by atoms with Crippen molar-refractivity contribution in [2.45, 2.75) is 64.8 Å². The summed E-state index contributed by atoms with van der Waals surface area (Å²) in [6.07, 6.45) is 3.90. The van der Waals surface area contributed by atoms with Crippen LogP contribution in [0, 0.1) is 18.8 Å². The van der Waals surface area contributed by atoms with Crippen LogP contribution in [0.2, 0.25) is 0 Å². The number of nitrogens with zero attached hydrogens (tertiary/aromatic N) is 1. The predicted molar refractivity (Wildman–Crippen MR) is 125 cm³/mol. The first-order valence-electron chi connectivity index (χ1n) is 11.5. The molecule has 2 fully saturated rings. The van der Waals surface area contributed by atoms with E-state index in [2.05, 4.69) is 38.2 Å². The molecule has 0 bridgehead atoms. The van der Waals surface area contributed by atoms with E-state index >= 15 is 0 Å². The Bertz CT molecular complexity index is 971. The molecule has 4 heteroatoms. The van der Waals surface area contributed by atoms with E-state index in [0.717, 1.165) is 49.0 Å². The lowest BCUT2D eigenvalue weighted by molar-refractivity contribution is -0.123. The summed E-state index contributed by atoms with van der Waals surface area (Å²) in [7, 11) is 0. The number of nitrogens with one attached hydrogen (secondary N) is 1. The van der Waals surface area contributed by atoms with Crippen LogP contribution in [0.4, 0.5) is 5.69 Å². The average Bonchev–Trinajstić information content (AvgIpc) is 3.58. The lowest BCUT2D eigenvalue weighted by Gasteiger charge is -2.41. The number of hydrogen-bond donors (Lipinski definition) is 1. The largest absolute Gasteiger partial charge is 0.335 e. The van der Waals surface area contributed by atoms with Gasteiger partial charge in [-0.05, 0) is 73.3 Å². The van der Waals surface area contributed by atoms with Crippen LogP contribution < -0.4 is 5.32 Å². The first-order valence-corrected chi connectivity index (χ1v) is 11.5. The van der Waals surface area contributed by atoms with Gasteiger partial charge in [0, 0.05) is 23.8 Å². The van der Waals surface area contributed by atoms with Crippen LogP contribution in [0.25, 0.3) is 0 Å². The second kappa shape index (κ2) is 8.49. The first-order chi connectivity index (χ1) is 14.8. The minimum absolute atomic E-state index is 0.00773. The molecule has 31 heavy (non-hydrogen) atoms. The molecule has 1 aliphatic heterocycles. The highest BCUT2D eigenvalue weighted by molar-refractivity contribution is 5.97. The number of rotatable bonds is 4. The van der Waals surface area contributed by atoms with Crippen molar-refractivity contribution in [1.29, 1.82) is 0 Å². The van der Waals surface area contributed by atoms with E-state index in [1.54, 1.807) is 0 Å². The molecule has 2 aromatic rings. The van der Waals surface area contributed by atoms with Gasteiger partial charge in [-0.3, -0.25) is 9.59 Å². The fraction of sp³-hybridized carbons (Fsp3) is 0.481. The number of carbonyl (C=O) groups excluding carboxylic acids is 2. The van der Waals surface area contributed by atoms with Gasteiger partial charge in [-0.25, -0.2) is 0 Å². The highest BCUT2D eigenvalue weighted by Gasteiger charge is 2.46. The monoisotopic (exact) mass is 418 g/mol. The van der Waals surface area contributed by atoms with Crippen LogP contribution in [0.1, 0.15) is 67.9 Å². The summed E-state index contributed by atoms with van der Waals surface area (Å²) in [5.74, 6) is 0.393. The first kappa shape index (κ1) is 21.6. The van der Waals surface area contributed by atoms with Gasteiger partial charge in [-0.1, -0.05) is 51.1 Å². The van der Waals surface area contributed by atoms with E-state index in [1.807, 2.05) is 48.2 Å². The van der Waals surface area contributed by atoms with Gasteiger partial charge < -0.3 is 10.2 Å². The van der Waals surface area contributed by atoms with Crippen molar-refractivity contribution in [2.75, 3.05) is 11.9 Å². The van der Waals surface area contributed by atoms with Crippen molar-refractivity contribution in [3.63, 3.8) is 0 Å². The van der Waals surface area contributed by atoms with Crippen molar-refractivity contribution in [1.82, 2.24) is 4.90 Å². The summed E-state index contributed by atoms with van der Waals surface area (Å²) in [6, 6.07) is 15.9. The molecule has 1 unspecified atom stereocenters. The number of aryl methyl sites for hydroxylation is 1. The maximum Gasteiger partial charge on any atom is 0.254 e. The van der Waals surface area contributed by atoms with Crippen LogP contribution in [-0.4, -0.2) is 29.3 Å². The van der Waals surface area contributed by atoms with E-state index in [-0.39, 0.29) is 29.2 Å². The Balaban J connectivity index is 1.56. The maximum absolute atomic E-state index is 13.4. The van der Waals surface area contributed by atoms with Crippen LogP contribution in [0.5, 0.6) is 0 Å². The normalized spacial score (nSPS) is 21.6. The van der Waals surface area contributed by atoms with Crippen molar-refractivity contribution >= 4 is 17.5 Å². The topological polar surface area (TPSA) is 49.4 Å². The predicted octanol–water partition coefficient (Wildman–Crippen LogP) is 5.56. The molecule has 2 aliphatic rings. The van der Waals surface area contributed by atoms with Gasteiger partial charge in [0.2, 0.25) is 5.91 Å². The Morgan fingerprint density at radius 3 is 2.42 bits per heavy atom. The molecule has 0 radical (unpaired) electrons. The molecule has 1 saturated heterocycles. The third kappa shape index (κ3) is 4.68. The Labute approximate surface area is 186 Å². The summed E-state index contributed by atoms with van der Waals surface area (Å²) in [5, 5.41) is 3.17. The van der Waals surface area contributed by atoms with E-state index in [9.17, 15) is 9.59 Å². The smallest absolute Gasteiger partial charge is 0.254 e. The van der Waals surface area contributed by atoms with Crippen LogP contribution in [-0.2, 0) is 10.2 Å². The quantitative estimate of drug-likeness (QED) is 0.706. The summed E-state index contributed by atoms with van der Waals surface area (Å²) < 4.78 is 0. The van der Waals surface area contributed by atoms with Gasteiger partial charge in [0.15, 0.2) is 0 Å². The van der Waals surface area contributed by atoms with E-state index in [4.69, 9.17) is 0 Å². The van der Waals surface area contributed by atoms with Crippen LogP contribution in [0.3, 0.4) is 0 Å². The summed E-state index contributed by atoms with van der Waals surface area (Å²) in [4.78, 5) is 28.8. The van der Waals surface area contributed by atoms with E-state index in [0.29, 0.717) is 5.92 Å². The minimum Gasteiger partial charge on any atom is -0.335 e. The summed E-state index contributed by atoms with van der Waals surface area (Å²) >= 11 is 0. The number of carbonyl (C=O) groups is 2. The van der Waals surface area contributed by atoms with Crippen molar-refractivity contribution in [3.05, 3.63) is 65.2 Å². The van der Waals surface area contributed by atoms with Gasteiger partial charge in [-0.2, -0.15) is 0 Å². The number of benzene rings is 2. The van der Waals surface area contributed by atoms with Crippen molar-refractivity contribution in [3.8, 4) is 0 Å². The highest BCUT2D eigenvalue weighted by Crippen LogP contribution is 2.43. The lowest BCUT2D eigenvalue weighted by atomic mass is 9.84. The van der Waals surface area contributed by atoms with Crippen molar-refractivity contribution in [2.24, 2.45) is 11.8 Å². The lowest BCUT2D eigenvalue weighted by Crippen LogP contribution is -2.53. The standard InChI is InChI=1S/C27H34N2O2/c1-18-9-5-6-12-22(18)26(31)29-16-8-13-23(24(29)19-14-15-19)25(30)28-21-11-7-10-20(17-21)27(2,3)4/h5-7,9-12,17,19,23-24H,8,13-16H2,1-4H3,(H,28,30)/t23?,24-/m0/s1. The zero-order valence-corrected chi connectivity index (χ0v) is 19.2. The number of amides is 2. The molecular weight excluding hydrogens is 384 g/mol. The molecule has 1 saturated carbocycles. The van der Waals surface area contributed by atoms with E-state index < -0.39 is 0 Å². The Morgan fingerprint density at radius 2 is 1.74 bits per heavy atom. The SMILES string of the molecule is Cc1ccccc1C(=O)N1CCCC(C(=O)Nc2cccc(C(C)(C)C)c2)[C@@H]1C1CC1. The molecule has 4 rings (SSSR count). The molecule has 2 aromatic carbocycles. The second-order valence-corrected chi connectivity index (χ2v) is 10.2. The number of piperidine rings is 1. The molecule has 0 aromatic heterocycles.